The Balaban J connectivity index is 1.44. The molecular weight excluding hydrogens is 326 g/mol. The molecule has 2 heterocycles. The summed E-state index contributed by atoms with van der Waals surface area (Å²) in [5.41, 5.74) is 4.05. The maximum Gasteiger partial charge on any atom is 0.304 e. The topological polar surface area (TPSA) is 49.8 Å². The Morgan fingerprint density at radius 1 is 1.08 bits per heavy atom. The summed E-state index contributed by atoms with van der Waals surface area (Å²) in [5.74, 6) is 0.322. The van der Waals surface area contributed by atoms with E-state index < -0.39 is 5.97 Å². The maximum absolute atomic E-state index is 10.8. The zero-order valence-corrected chi connectivity index (χ0v) is 15.0. The van der Waals surface area contributed by atoms with Gasteiger partial charge in [0.05, 0.1) is 13.0 Å². The van der Waals surface area contributed by atoms with Crippen LogP contribution in [0.3, 0.4) is 0 Å². The molecule has 1 fully saturated rings. The van der Waals surface area contributed by atoms with Crippen molar-refractivity contribution in [1.82, 2.24) is 4.90 Å². The first-order valence-electron chi connectivity index (χ1n) is 9.39. The van der Waals surface area contributed by atoms with Gasteiger partial charge in [0.1, 0.15) is 5.75 Å². The SMILES string of the molecule is O=C(O)CCN1CCC2(CC1)COc1cc(Cc3ccccc3)ccc12. The van der Waals surface area contributed by atoms with E-state index in [2.05, 4.69) is 47.4 Å². The largest absolute Gasteiger partial charge is 0.492 e. The van der Waals surface area contributed by atoms with Crippen molar-refractivity contribution in [3.05, 3.63) is 65.2 Å². The number of hydrogen-bond acceptors (Lipinski definition) is 3. The van der Waals surface area contributed by atoms with E-state index in [1.54, 1.807) is 0 Å². The van der Waals surface area contributed by atoms with E-state index in [1.165, 1.54) is 16.7 Å². The number of carboxylic acids is 1. The molecule has 4 nitrogen and oxygen atoms in total. The molecule has 0 saturated carbocycles. The van der Waals surface area contributed by atoms with Gasteiger partial charge in [-0.1, -0.05) is 42.5 Å². The van der Waals surface area contributed by atoms with Gasteiger partial charge in [0.2, 0.25) is 0 Å². The van der Waals surface area contributed by atoms with E-state index in [0.29, 0.717) is 6.54 Å². The average molecular weight is 351 g/mol. The fourth-order valence-electron chi connectivity index (χ4n) is 4.23. The van der Waals surface area contributed by atoms with Gasteiger partial charge in [0.25, 0.3) is 0 Å². The quantitative estimate of drug-likeness (QED) is 0.896. The third-order valence-corrected chi connectivity index (χ3v) is 5.83. The van der Waals surface area contributed by atoms with E-state index in [1.807, 2.05) is 6.07 Å². The molecule has 1 spiro atoms. The number of carboxylic acid groups (broad SMARTS) is 1. The fraction of sp³-hybridized carbons (Fsp3) is 0.409. The van der Waals surface area contributed by atoms with Crippen molar-refractivity contribution in [2.24, 2.45) is 0 Å². The molecule has 0 atom stereocenters. The molecule has 2 aliphatic heterocycles. The highest BCUT2D eigenvalue weighted by Crippen LogP contribution is 2.45. The van der Waals surface area contributed by atoms with Crippen LogP contribution < -0.4 is 4.74 Å². The minimum atomic E-state index is -0.717. The molecule has 0 aliphatic carbocycles. The van der Waals surface area contributed by atoms with E-state index in [9.17, 15) is 4.79 Å². The summed E-state index contributed by atoms with van der Waals surface area (Å²) in [6, 6.07) is 17.2. The fourth-order valence-corrected chi connectivity index (χ4v) is 4.23. The van der Waals surface area contributed by atoms with Crippen molar-refractivity contribution in [1.29, 1.82) is 0 Å². The molecule has 2 aliphatic rings. The number of aliphatic carboxylic acids is 1. The van der Waals surface area contributed by atoms with Gasteiger partial charge >= 0.3 is 5.97 Å². The summed E-state index contributed by atoms with van der Waals surface area (Å²) in [5, 5.41) is 8.86. The van der Waals surface area contributed by atoms with Gasteiger partial charge < -0.3 is 14.7 Å². The van der Waals surface area contributed by atoms with Gasteiger partial charge in [-0.3, -0.25) is 4.79 Å². The van der Waals surface area contributed by atoms with Crippen molar-refractivity contribution >= 4 is 5.97 Å². The smallest absolute Gasteiger partial charge is 0.304 e. The number of likely N-dealkylation sites (tertiary alicyclic amines) is 1. The van der Waals surface area contributed by atoms with E-state index in [4.69, 9.17) is 9.84 Å². The van der Waals surface area contributed by atoms with E-state index in [-0.39, 0.29) is 11.8 Å². The second kappa shape index (κ2) is 7.12. The highest BCUT2D eigenvalue weighted by molar-refractivity contribution is 5.66. The summed E-state index contributed by atoms with van der Waals surface area (Å²) < 4.78 is 6.09. The second-order valence-electron chi connectivity index (χ2n) is 7.55. The molecule has 0 radical (unpaired) electrons. The van der Waals surface area contributed by atoms with Gasteiger partial charge in [-0.15, -0.1) is 0 Å². The Kier molecular flexibility index (Phi) is 4.68. The van der Waals surface area contributed by atoms with Crippen LogP contribution in [-0.2, 0) is 16.6 Å². The molecule has 136 valence electrons. The van der Waals surface area contributed by atoms with Crippen molar-refractivity contribution in [3.8, 4) is 5.75 Å². The average Bonchev–Trinajstić information content (AvgIpc) is 3.00. The van der Waals surface area contributed by atoms with Crippen LogP contribution in [0.1, 0.15) is 36.0 Å². The van der Waals surface area contributed by atoms with Crippen LogP contribution in [0.4, 0.5) is 0 Å². The molecule has 26 heavy (non-hydrogen) atoms. The lowest BCUT2D eigenvalue weighted by molar-refractivity contribution is -0.137. The molecule has 1 saturated heterocycles. The molecule has 1 N–H and O–H groups in total. The van der Waals surface area contributed by atoms with Crippen LogP contribution in [-0.4, -0.2) is 42.2 Å². The van der Waals surface area contributed by atoms with Crippen LogP contribution in [0.25, 0.3) is 0 Å². The molecule has 0 aromatic heterocycles. The normalized spacial score (nSPS) is 18.5. The molecule has 4 rings (SSSR count). The van der Waals surface area contributed by atoms with E-state index >= 15 is 0 Å². The number of ether oxygens (including phenoxy) is 1. The van der Waals surface area contributed by atoms with Gasteiger partial charge in [0, 0.05) is 17.5 Å². The Bertz CT molecular complexity index is 779. The number of hydrogen-bond donors (Lipinski definition) is 1. The molecule has 4 heteroatoms. The Hall–Kier alpha value is -2.33. The van der Waals surface area contributed by atoms with Gasteiger partial charge in [-0.2, -0.15) is 0 Å². The lowest BCUT2D eigenvalue weighted by atomic mass is 9.74. The zero-order chi connectivity index (χ0) is 18.0. The minimum absolute atomic E-state index is 0.111. The van der Waals surface area contributed by atoms with Gasteiger partial charge in [-0.05, 0) is 49.5 Å². The third kappa shape index (κ3) is 3.47. The molecular formula is C22H25NO3. The third-order valence-electron chi connectivity index (χ3n) is 5.83. The summed E-state index contributed by atoms with van der Waals surface area (Å²) in [7, 11) is 0. The van der Waals surface area contributed by atoms with E-state index in [0.717, 1.165) is 44.7 Å². The van der Waals surface area contributed by atoms with Crippen LogP contribution in [0.5, 0.6) is 5.75 Å². The first-order chi connectivity index (χ1) is 12.6. The van der Waals surface area contributed by atoms with Gasteiger partial charge in [0.15, 0.2) is 0 Å². The van der Waals surface area contributed by atoms with Crippen LogP contribution in [0, 0.1) is 0 Å². The first kappa shape index (κ1) is 17.1. The van der Waals surface area contributed by atoms with Crippen molar-refractivity contribution in [2.75, 3.05) is 26.2 Å². The second-order valence-corrected chi connectivity index (χ2v) is 7.55. The number of nitrogens with zero attached hydrogens (tertiary/aromatic N) is 1. The Morgan fingerprint density at radius 3 is 2.58 bits per heavy atom. The van der Waals surface area contributed by atoms with Crippen molar-refractivity contribution < 1.29 is 14.6 Å². The predicted octanol–water partition coefficient (Wildman–Crippen LogP) is 3.48. The Morgan fingerprint density at radius 2 is 1.85 bits per heavy atom. The molecule has 0 unspecified atom stereocenters. The summed E-state index contributed by atoms with van der Waals surface area (Å²) in [6.07, 6.45) is 3.23. The highest BCUT2D eigenvalue weighted by Gasteiger charge is 2.42. The number of rotatable bonds is 5. The summed E-state index contributed by atoms with van der Waals surface area (Å²) >= 11 is 0. The number of benzene rings is 2. The van der Waals surface area contributed by atoms with Crippen LogP contribution >= 0.6 is 0 Å². The van der Waals surface area contributed by atoms with Gasteiger partial charge in [-0.25, -0.2) is 0 Å². The van der Waals surface area contributed by atoms with Crippen molar-refractivity contribution in [2.45, 2.75) is 31.1 Å². The summed E-state index contributed by atoms with van der Waals surface area (Å²) in [6.45, 7) is 3.29. The highest BCUT2D eigenvalue weighted by atomic mass is 16.5. The maximum atomic E-state index is 10.8. The standard InChI is InChI=1S/C22H25NO3/c24-21(25)8-11-23-12-9-22(10-13-23)16-26-20-15-18(6-7-19(20)22)14-17-4-2-1-3-5-17/h1-7,15H,8-14,16H2,(H,24,25). The first-order valence-corrected chi connectivity index (χ1v) is 9.39. The predicted molar refractivity (Wildman–Crippen MR) is 101 cm³/mol. The van der Waals surface area contributed by atoms with Crippen molar-refractivity contribution in [3.63, 3.8) is 0 Å². The zero-order valence-electron chi connectivity index (χ0n) is 15.0. The number of piperidine rings is 1. The van der Waals surface area contributed by atoms with Crippen LogP contribution in [0.15, 0.2) is 48.5 Å². The molecule has 2 aromatic rings. The summed E-state index contributed by atoms with van der Waals surface area (Å²) in [4.78, 5) is 13.0. The Labute approximate surface area is 154 Å². The monoisotopic (exact) mass is 351 g/mol. The lowest BCUT2D eigenvalue weighted by Gasteiger charge is -2.38. The lowest BCUT2D eigenvalue weighted by Crippen LogP contribution is -2.44. The molecule has 2 aromatic carbocycles. The number of fused-ring (bicyclic) bond motifs is 2. The van der Waals surface area contributed by atoms with Crippen LogP contribution in [0.2, 0.25) is 0 Å². The number of carbonyl (C=O) groups is 1. The minimum Gasteiger partial charge on any atom is -0.492 e. The molecule has 0 amide bonds. The molecule has 0 bridgehead atoms.